The van der Waals surface area contributed by atoms with Crippen LogP contribution >= 0.6 is 0 Å². The molecule has 0 saturated heterocycles. The van der Waals surface area contributed by atoms with Crippen molar-refractivity contribution in [3.63, 3.8) is 0 Å². The second kappa shape index (κ2) is 6.72. The Balaban J connectivity index is 2.59. The molecule has 2 nitrogen and oxygen atoms in total. The van der Waals surface area contributed by atoms with E-state index in [0.717, 1.165) is 24.9 Å². The van der Waals surface area contributed by atoms with Gasteiger partial charge in [0, 0.05) is 18.6 Å². The van der Waals surface area contributed by atoms with Gasteiger partial charge >= 0.3 is 0 Å². The molecule has 1 unspecified atom stereocenters. The van der Waals surface area contributed by atoms with Crippen LogP contribution in [0.2, 0.25) is 0 Å². The highest BCUT2D eigenvalue weighted by molar-refractivity contribution is 5.19. The van der Waals surface area contributed by atoms with Crippen LogP contribution in [0.25, 0.3) is 0 Å². The van der Waals surface area contributed by atoms with Gasteiger partial charge in [-0.2, -0.15) is 0 Å². The fraction of sp³-hybridized carbons (Fsp3) is 0.571. The first-order valence-corrected chi connectivity index (χ1v) is 6.29. The highest BCUT2D eigenvalue weighted by Gasteiger charge is 2.14. The van der Waals surface area contributed by atoms with Gasteiger partial charge in [0.2, 0.25) is 0 Å². The first-order chi connectivity index (χ1) is 8.08. The second-order valence-corrected chi connectivity index (χ2v) is 4.57. The SMILES string of the molecule is CCC(CC)N(C)CC(N)c1ccc(F)cc1. The number of hydrogen-bond acceptors (Lipinski definition) is 2. The summed E-state index contributed by atoms with van der Waals surface area (Å²) in [6.07, 6.45) is 2.26. The lowest BCUT2D eigenvalue weighted by Gasteiger charge is -2.28. The van der Waals surface area contributed by atoms with Crippen LogP contribution in [0.15, 0.2) is 24.3 Å². The normalized spacial score (nSPS) is 13.4. The van der Waals surface area contributed by atoms with Crippen LogP contribution in [0.3, 0.4) is 0 Å². The third-order valence-corrected chi connectivity index (χ3v) is 3.35. The van der Waals surface area contributed by atoms with E-state index in [-0.39, 0.29) is 11.9 Å². The van der Waals surface area contributed by atoms with Crippen molar-refractivity contribution in [3.8, 4) is 0 Å². The van der Waals surface area contributed by atoms with Crippen LogP contribution in [0.5, 0.6) is 0 Å². The number of likely N-dealkylation sites (N-methyl/N-ethyl adjacent to an activating group) is 1. The lowest BCUT2D eigenvalue weighted by molar-refractivity contribution is 0.217. The molecular formula is C14H23FN2. The molecule has 0 saturated carbocycles. The van der Waals surface area contributed by atoms with E-state index < -0.39 is 0 Å². The minimum atomic E-state index is -0.214. The molecule has 0 fully saturated rings. The molecule has 17 heavy (non-hydrogen) atoms. The average molecular weight is 238 g/mol. The summed E-state index contributed by atoms with van der Waals surface area (Å²) >= 11 is 0. The summed E-state index contributed by atoms with van der Waals surface area (Å²) in [5.74, 6) is -0.214. The smallest absolute Gasteiger partial charge is 0.123 e. The van der Waals surface area contributed by atoms with Crippen molar-refractivity contribution in [2.75, 3.05) is 13.6 Å². The Morgan fingerprint density at radius 2 is 1.71 bits per heavy atom. The third kappa shape index (κ3) is 4.10. The summed E-state index contributed by atoms with van der Waals surface area (Å²) in [5.41, 5.74) is 7.12. The van der Waals surface area contributed by atoms with Gasteiger partial charge in [0.05, 0.1) is 0 Å². The molecule has 0 aliphatic rings. The molecule has 0 aromatic heterocycles. The predicted octanol–water partition coefficient (Wildman–Crippen LogP) is 2.95. The zero-order valence-electron chi connectivity index (χ0n) is 11.0. The van der Waals surface area contributed by atoms with E-state index >= 15 is 0 Å². The molecule has 0 aliphatic heterocycles. The van der Waals surface area contributed by atoms with Crippen LogP contribution in [-0.4, -0.2) is 24.5 Å². The molecule has 0 radical (unpaired) electrons. The maximum Gasteiger partial charge on any atom is 0.123 e. The maximum atomic E-state index is 12.8. The molecule has 0 amide bonds. The number of nitrogens with two attached hydrogens (primary N) is 1. The first kappa shape index (κ1) is 14.1. The molecule has 1 aromatic carbocycles. The van der Waals surface area contributed by atoms with Crippen molar-refractivity contribution in [2.45, 2.75) is 38.8 Å². The standard InChI is InChI=1S/C14H23FN2/c1-4-13(5-2)17(3)10-14(16)11-6-8-12(15)9-7-11/h6-9,13-14H,4-5,10,16H2,1-3H3. The number of rotatable bonds is 6. The molecule has 1 atom stereocenters. The molecule has 0 bridgehead atoms. The third-order valence-electron chi connectivity index (χ3n) is 3.35. The molecule has 1 aromatic rings. The Morgan fingerprint density at radius 1 is 1.18 bits per heavy atom. The van der Waals surface area contributed by atoms with E-state index in [9.17, 15) is 4.39 Å². The van der Waals surface area contributed by atoms with Crippen molar-refractivity contribution in [2.24, 2.45) is 5.73 Å². The summed E-state index contributed by atoms with van der Waals surface area (Å²) < 4.78 is 12.8. The van der Waals surface area contributed by atoms with Gasteiger partial charge in [0.25, 0.3) is 0 Å². The number of nitrogens with zero attached hydrogens (tertiary/aromatic N) is 1. The van der Waals surface area contributed by atoms with E-state index in [2.05, 4.69) is 25.8 Å². The Bertz CT molecular complexity index is 319. The van der Waals surface area contributed by atoms with Crippen LogP contribution in [0.1, 0.15) is 38.3 Å². The van der Waals surface area contributed by atoms with E-state index in [1.165, 1.54) is 12.1 Å². The average Bonchev–Trinajstić information content (AvgIpc) is 2.31. The quantitative estimate of drug-likeness (QED) is 0.825. The summed E-state index contributed by atoms with van der Waals surface area (Å²) in [4.78, 5) is 2.29. The first-order valence-electron chi connectivity index (χ1n) is 6.29. The molecule has 96 valence electrons. The molecule has 0 heterocycles. The zero-order chi connectivity index (χ0) is 12.8. The summed E-state index contributed by atoms with van der Waals surface area (Å²) in [7, 11) is 2.10. The van der Waals surface area contributed by atoms with Crippen LogP contribution < -0.4 is 5.73 Å². The highest BCUT2D eigenvalue weighted by Crippen LogP contribution is 2.15. The van der Waals surface area contributed by atoms with Gasteiger partial charge in [0.1, 0.15) is 5.82 Å². The number of halogens is 1. The van der Waals surface area contributed by atoms with Crippen LogP contribution in [-0.2, 0) is 0 Å². The maximum absolute atomic E-state index is 12.8. The molecule has 0 spiro atoms. The molecule has 1 rings (SSSR count). The van der Waals surface area contributed by atoms with Crippen LogP contribution in [0, 0.1) is 5.82 Å². The minimum absolute atomic E-state index is 0.0544. The monoisotopic (exact) mass is 238 g/mol. The second-order valence-electron chi connectivity index (χ2n) is 4.57. The van der Waals surface area contributed by atoms with Crippen molar-refractivity contribution < 1.29 is 4.39 Å². The summed E-state index contributed by atoms with van der Waals surface area (Å²) in [6.45, 7) is 5.18. The van der Waals surface area contributed by atoms with Crippen LogP contribution in [0.4, 0.5) is 4.39 Å². The van der Waals surface area contributed by atoms with Gasteiger partial charge in [-0.3, -0.25) is 0 Å². The zero-order valence-corrected chi connectivity index (χ0v) is 11.0. The van der Waals surface area contributed by atoms with Crippen molar-refractivity contribution in [1.29, 1.82) is 0 Å². The molecule has 0 aliphatic carbocycles. The summed E-state index contributed by atoms with van der Waals surface area (Å²) in [6, 6.07) is 6.97. The Hall–Kier alpha value is -0.930. The van der Waals surface area contributed by atoms with Gasteiger partial charge < -0.3 is 10.6 Å². The minimum Gasteiger partial charge on any atom is -0.323 e. The van der Waals surface area contributed by atoms with Gasteiger partial charge in [-0.1, -0.05) is 26.0 Å². The number of hydrogen-bond donors (Lipinski definition) is 1. The lowest BCUT2D eigenvalue weighted by Crippen LogP contribution is -2.36. The Kier molecular flexibility index (Phi) is 5.59. The number of benzene rings is 1. The van der Waals surface area contributed by atoms with Crippen molar-refractivity contribution in [1.82, 2.24) is 4.90 Å². The lowest BCUT2D eigenvalue weighted by atomic mass is 10.1. The van der Waals surface area contributed by atoms with E-state index in [1.807, 2.05) is 0 Å². The van der Waals surface area contributed by atoms with E-state index in [4.69, 9.17) is 5.73 Å². The van der Waals surface area contributed by atoms with Gasteiger partial charge in [-0.15, -0.1) is 0 Å². The Morgan fingerprint density at radius 3 is 2.18 bits per heavy atom. The Labute approximate surface area is 104 Å². The molecule has 3 heteroatoms. The predicted molar refractivity (Wildman–Crippen MR) is 70.3 cm³/mol. The van der Waals surface area contributed by atoms with Crippen molar-refractivity contribution >= 4 is 0 Å². The fourth-order valence-electron chi connectivity index (χ4n) is 2.19. The van der Waals surface area contributed by atoms with Gasteiger partial charge in [-0.05, 0) is 37.6 Å². The van der Waals surface area contributed by atoms with Gasteiger partial charge in [-0.25, -0.2) is 4.39 Å². The van der Waals surface area contributed by atoms with E-state index in [0.29, 0.717) is 6.04 Å². The largest absolute Gasteiger partial charge is 0.323 e. The molecular weight excluding hydrogens is 215 g/mol. The van der Waals surface area contributed by atoms with E-state index in [1.54, 1.807) is 12.1 Å². The van der Waals surface area contributed by atoms with Gasteiger partial charge in [0.15, 0.2) is 0 Å². The topological polar surface area (TPSA) is 29.3 Å². The van der Waals surface area contributed by atoms with Crippen molar-refractivity contribution in [3.05, 3.63) is 35.6 Å². The fourth-order valence-corrected chi connectivity index (χ4v) is 2.19. The summed E-state index contributed by atoms with van der Waals surface area (Å²) in [5, 5.41) is 0. The highest BCUT2D eigenvalue weighted by atomic mass is 19.1. The molecule has 2 N–H and O–H groups in total.